The number of nitrogens with zero attached hydrogens (tertiary/aromatic N) is 5. The topological polar surface area (TPSA) is 83.5 Å². The Morgan fingerprint density at radius 2 is 1.60 bits per heavy atom. The summed E-state index contributed by atoms with van der Waals surface area (Å²) < 4.78 is 15.0. The number of benzene rings is 4. The van der Waals surface area contributed by atoms with Gasteiger partial charge in [0.25, 0.3) is 5.56 Å². The van der Waals surface area contributed by atoms with Crippen molar-refractivity contribution in [2.75, 3.05) is 7.11 Å². The molecule has 0 amide bonds. The Hall–Kier alpha value is -5.80. The van der Waals surface area contributed by atoms with Gasteiger partial charge in [-0.25, -0.2) is 4.68 Å². The van der Waals surface area contributed by atoms with Crippen LogP contribution >= 0.6 is 11.3 Å². The van der Waals surface area contributed by atoms with Crippen LogP contribution in [0, 0.1) is 0 Å². The summed E-state index contributed by atoms with van der Waals surface area (Å²) in [6, 6.07) is 35.4. The molecule has 0 unspecified atom stereocenters. The van der Waals surface area contributed by atoms with E-state index in [1.165, 1.54) is 15.9 Å². The number of thiazole rings is 1. The molecule has 0 spiro atoms. The molecule has 0 saturated carbocycles. The summed E-state index contributed by atoms with van der Waals surface area (Å²) in [5, 5.41) is 9.38. The molecular formula is C36H27N5O3S. The van der Waals surface area contributed by atoms with E-state index in [2.05, 4.69) is 10.1 Å². The van der Waals surface area contributed by atoms with Crippen LogP contribution in [0.5, 0.6) is 11.5 Å². The van der Waals surface area contributed by atoms with Crippen molar-refractivity contribution in [2.45, 2.75) is 6.61 Å². The van der Waals surface area contributed by atoms with Gasteiger partial charge in [0.15, 0.2) is 5.82 Å². The Kier molecular flexibility index (Phi) is 7.74. The van der Waals surface area contributed by atoms with Crippen molar-refractivity contribution in [1.82, 2.24) is 24.4 Å². The number of hydrogen-bond acceptors (Lipinski definition) is 7. The van der Waals surface area contributed by atoms with Gasteiger partial charge in [-0.1, -0.05) is 90.2 Å². The summed E-state index contributed by atoms with van der Waals surface area (Å²) in [4.78, 5) is 18.5. The molecule has 0 radical (unpaired) electrons. The van der Waals surface area contributed by atoms with E-state index < -0.39 is 0 Å². The normalized spacial score (nSPS) is 11.9. The van der Waals surface area contributed by atoms with E-state index in [0.717, 1.165) is 45.1 Å². The average molecular weight is 610 g/mol. The molecular weight excluding hydrogens is 582 g/mol. The minimum absolute atomic E-state index is 0.232. The molecule has 4 aromatic carbocycles. The molecule has 220 valence electrons. The maximum absolute atomic E-state index is 13.4. The number of fused-ring (bicyclic) bond motifs is 1. The second-order valence-electron chi connectivity index (χ2n) is 10.2. The Morgan fingerprint density at radius 3 is 2.36 bits per heavy atom. The van der Waals surface area contributed by atoms with E-state index in [0.29, 0.717) is 21.9 Å². The molecule has 0 N–H and O–H groups in total. The summed E-state index contributed by atoms with van der Waals surface area (Å²) in [7, 11) is 1.63. The first kappa shape index (κ1) is 28.0. The molecule has 0 saturated heterocycles. The van der Waals surface area contributed by atoms with Crippen LogP contribution in [0.2, 0.25) is 0 Å². The molecule has 7 rings (SSSR count). The van der Waals surface area contributed by atoms with E-state index in [1.54, 1.807) is 13.2 Å². The van der Waals surface area contributed by atoms with Gasteiger partial charge in [-0.15, -0.1) is 5.10 Å². The van der Waals surface area contributed by atoms with Crippen LogP contribution in [0.3, 0.4) is 0 Å². The van der Waals surface area contributed by atoms with Crippen molar-refractivity contribution in [2.24, 2.45) is 0 Å². The third-order valence-electron chi connectivity index (χ3n) is 7.14. The second-order valence-corrected chi connectivity index (χ2v) is 11.2. The van der Waals surface area contributed by atoms with Crippen molar-refractivity contribution in [1.29, 1.82) is 0 Å². The molecule has 0 fully saturated rings. The average Bonchev–Trinajstić information content (AvgIpc) is 3.78. The monoisotopic (exact) mass is 609 g/mol. The largest absolute Gasteiger partial charge is 0.497 e. The number of aromatic nitrogens is 5. The zero-order valence-electron chi connectivity index (χ0n) is 24.3. The Labute approximate surface area is 262 Å². The zero-order chi connectivity index (χ0) is 30.6. The van der Waals surface area contributed by atoms with Gasteiger partial charge >= 0.3 is 0 Å². The van der Waals surface area contributed by atoms with Gasteiger partial charge < -0.3 is 9.47 Å². The van der Waals surface area contributed by atoms with Crippen LogP contribution in [-0.2, 0) is 6.61 Å². The first-order chi connectivity index (χ1) is 22.1. The second kappa shape index (κ2) is 12.4. The molecule has 0 aliphatic heterocycles. The van der Waals surface area contributed by atoms with Gasteiger partial charge in [0.05, 0.1) is 17.3 Å². The molecule has 0 atom stereocenters. The number of rotatable bonds is 9. The summed E-state index contributed by atoms with van der Waals surface area (Å²) >= 11 is 1.29. The van der Waals surface area contributed by atoms with Crippen molar-refractivity contribution < 1.29 is 9.47 Å². The highest BCUT2D eigenvalue weighted by molar-refractivity contribution is 7.15. The van der Waals surface area contributed by atoms with E-state index in [9.17, 15) is 4.79 Å². The number of para-hydroxylation sites is 1. The third kappa shape index (κ3) is 6.15. The van der Waals surface area contributed by atoms with Crippen LogP contribution in [0.25, 0.3) is 40.1 Å². The maximum Gasteiger partial charge on any atom is 0.291 e. The molecule has 45 heavy (non-hydrogen) atoms. The fourth-order valence-corrected chi connectivity index (χ4v) is 5.76. The highest BCUT2D eigenvalue weighted by atomic mass is 32.1. The fourth-order valence-electron chi connectivity index (χ4n) is 4.85. The van der Waals surface area contributed by atoms with Crippen LogP contribution in [0.15, 0.2) is 120 Å². The maximum atomic E-state index is 13.4. The van der Waals surface area contributed by atoms with Gasteiger partial charge in [0.2, 0.25) is 4.96 Å². The lowest BCUT2D eigenvalue weighted by atomic mass is 10.1. The summed E-state index contributed by atoms with van der Waals surface area (Å²) in [6.45, 7) is 0.459. The van der Waals surface area contributed by atoms with Gasteiger partial charge in [0.1, 0.15) is 23.8 Å². The molecule has 7 aromatic rings. The predicted octanol–water partition coefficient (Wildman–Crippen LogP) is 6.31. The smallest absolute Gasteiger partial charge is 0.291 e. The molecule has 0 aliphatic carbocycles. The van der Waals surface area contributed by atoms with Crippen molar-refractivity contribution >= 4 is 34.5 Å². The number of methoxy groups -OCH3 is 1. The molecule has 8 nitrogen and oxygen atoms in total. The van der Waals surface area contributed by atoms with Crippen molar-refractivity contribution in [3.05, 3.63) is 153 Å². The highest BCUT2D eigenvalue weighted by Crippen LogP contribution is 2.28. The van der Waals surface area contributed by atoms with E-state index in [1.807, 2.05) is 132 Å². The Bertz CT molecular complexity index is 2220. The first-order valence-corrected chi connectivity index (χ1v) is 15.1. The summed E-state index contributed by atoms with van der Waals surface area (Å²) in [6.07, 6.45) is 7.48. The molecule has 3 heterocycles. The van der Waals surface area contributed by atoms with Gasteiger partial charge in [-0.05, 0) is 59.7 Å². The summed E-state index contributed by atoms with van der Waals surface area (Å²) in [5.74, 6) is 1.98. The van der Waals surface area contributed by atoms with Gasteiger partial charge in [0, 0.05) is 17.3 Å². The molecule has 3 aromatic heterocycles. The van der Waals surface area contributed by atoms with Crippen LogP contribution in [0.4, 0.5) is 0 Å². The molecule has 0 aliphatic rings. The highest BCUT2D eigenvalue weighted by Gasteiger charge is 2.15. The van der Waals surface area contributed by atoms with E-state index >= 15 is 0 Å². The number of ether oxygens (including phenoxy) is 2. The zero-order valence-corrected chi connectivity index (χ0v) is 25.1. The third-order valence-corrected chi connectivity index (χ3v) is 8.10. The van der Waals surface area contributed by atoms with Gasteiger partial charge in [-0.3, -0.25) is 4.79 Å². The fraction of sp³-hybridized carbons (Fsp3) is 0.0556. The summed E-state index contributed by atoms with van der Waals surface area (Å²) in [5.41, 5.74) is 5.13. The Balaban J connectivity index is 1.23. The lowest BCUT2D eigenvalue weighted by Crippen LogP contribution is -2.23. The lowest BCUT2D eigenvalue weighted by molar-refractivity contribution is 0.306. The standard InChI is InChI=1S/C36H27N5O3S/c1-43-30-18-15-25(16-19-30)17-20-33-37-36-41(38-33)35(42)32(45-36)22-28-23-40(29-12-6-3-7-13-29)39-34(28)27-11-8-14-31(21-27)44-24-26-9-4-2-5-10-26/h2-23H,24H2,1H3/b20-17+,32-22-. The van der Waals surface area contributed by atoms with Crippen molar-refractivity contribution in [3.8, 4) is 28.4 Å². The van der Waals surface area contributed by atoms with Crippen LogP contribution in [-0.4, -0.2) is 31.5 Å². The Morgan fingerprint density at radius 1 is 0.822 bits per heavy atom. The molecule has 9 heteroatoms. The van der Waals surface area contributed by atoms with Gasteiger partial charge in [-0.2, -0.15) is 14.6 Å². The first-order valence-electron chi connectivity index (χ1n) is 14.3. The number of hydrogen-bond donors (Lipinski definition) is 0. The quantitative estimate of drug-likeness (QED) is 0.191. The van der Waals surface area contributed by atoms with E-state index in [-0.39, 0.29) is 5.56 Å². The van der Waals surface area contributed by atoms with Crippen LogP contribution < -0.4 is 19.6 Å². The molecule has 0 bridgehead atoms. The SMILES string of the molecule is COc1ccc(/C=C/c2nc3s/c(=C\c4cn(-c5ccccc5)nc4-c4cccc(OCc5ccccc5)c4)c(=O)n3n2)cc1. The van der Waals surface area contributed by atoms with Crippen molar-refractivity contribution in [3.63, 3.8) is 0 Å². The van der Waals surface area contributed by atoms with E-state index in [4.69, 9.17) is 14.6 Å². The van der Waals surface area contributed by atoms with Crippen LogP contribution in [0.1, 0.15) is 22.5 Å². The minimum atomic E-state index is -0.232. The lowest BCUT2D eigenvalue weighted by Gasteiger charge is -2.08. The minimum Gasteiger partial charge on any atom is -0.497 e. The predicted molar refractivity (Wildman–Crippen MR) is 178 cm³/mol.